The van der Waals surface area contributed by atoms with Crippen molar-refractivity contribution >= 4 is 28.9 Å². The van der Waals surface area contributed by atoms with E-state index in [0.29, 0.717) is 5.88 Å². The molecule has 2 aromatic rings. The van der Waals surface area contributed by atoms with E-state index in [4.69, 9.17) is 23.2 Å². The Kier molecular flexibility index (Phi) is 5.06. The predicted molar refractivity (Wildman–Crippen MR) is 82.0 cm³/mol. The summed E-state index contributed by atoms with van der Waals surface area (Å²) in [6.45, 7) is 3.84. The van der Waals surface area contributed by atoms with Gasteiger partial charge in [-0.05, 0) is 42.3 Å². The Hall–Kier alpha value is -1.25. The van der Waals surface area contributed by atoms with E-state index in [1.54, 1.807) is 0 Å². The number of alkyl halides is 1. The molecular weight excluding hydrogens is 279 g/mol. The lowest BCUT2D eigenvalue weighted by molar-refractivity contribution is 0.825. The van der Waals surface area contributed by atoms with Crippen LogP contribution in [0.4, 0.5) is 5.69 Å². The molecule has 0 radical (unpaired) electrons. The van der Waals surface area contributed by atoms with Gasteiger partial charge in [0.15, 0.2) is 0 Å². The molecule has 1 aromatic carbocycles. The smallest absolute Gasteiger partial charge is 0.0494 e. The van der Waals surface area contributed by atoms with E-state index in [-0.39, 0.29) is 0 Å². The standard InChI is InChI=1S/C15H16Cl2N2/c1-2-19(11-12-5-7-18-8-6-12)15-9-14(17)4-3-13(15)10-16/h3-9H,2,10-11H2,1H3. The number of anilines is 1. The number of hydrogen-bond acceptors (Lipinski definition) is 2. The van der Waals surface area contributed by atoms with Crippen LogP contribution in [0.25, 0.3) is 0 Å². The molecule has 0 aliphatic carbocycles. The molecule has 0 bridgehead atoms. The van der Waals surface area contributed by atoms with Gasteiger partial charge in [0.25, 0.3) is 0 Å². The number of benzene rings is 1. The van der Waals surface area contributed by atoms with Crippen molar-refractivity contribution in [2.45, 2.75) is 19.3 Å². The average Bonchev–Trinajstić information content (AvgIpc) is 2.46. The highest BCUT2D eigenvalue weighted by Crippen LogP contribution is 2.27. The molecule has 4 heteroatoms. The minimum Gasteiger partial charge on any atom is -0.367 e. The van der Waals surface area contributed by atoms with Gasteiger partial charge in [-0.15, -0.1) is 11.6 Å². The molecule has 0 atom stereocenters. The van der Waals surface area contributed by atoms with Crippen molar-refractivity contribution in [3.63, 3.8) is 0 Å². The number of aromatic nitrogens is 1. The van der Waals surface area contributed by atoms with Crippen molar-refractivity contribution in [2.24, 2.45) is 0 Å². The summed E-state index contributed by atoms with van der Waals surface area (Å²) in [5.41, 5.74) is 3.42. The quantitative estimate of drug-likeness (QED) is 0.755. The van der Waals surface area contributed by atoms with Crippen molar-refractivity contribution in [2.75, 3.05) is 11.4 Å². The first kappa shape index (κ1) is 14.2. The Labute approximate surface area is 124 Å². The minimum atomic E-state index is 0.485. The molecule has 0 amide bonds. The molecule has 19 heavy (non-hydrogen) atoms. The molecule has 1 aromatic heterocycles. The molecule has 1 heterocycles. The van der Waals surface area contributed by atoms with Crippen LogP contribution in [0.3, 0.4) is 0 Å². The van der Waals surface area contributed by atoms with Crippen LogP contribution in [0.15, 0.2) is 42.7 Å². The van der Waals surface area contributed by atoms with Crippen LogP contribution in [-0.4, -0.2) is 11.5 Å². The van der Waals surface area contributed by atoms with E-state index < -0.39 is 0 Å². The second-order valence-electron chi connectivity index (χ2n) is 4.28. The first-order valence-corrected chi connectivity index (χ1v) is 7.14. The molecule has 0 unspecified atom stereocenters. The van der Waals surface area contributed by atoms with E-state index in [2.05, 4.69) is 16.8 Å². The first-order chi connectivity index (χ1) is 9.24. The molecule has 100 valence electrons. The van der Waals surface area contributed by atoms with Crippen LogP contribution >= 0.6 is 23.2 Å². The maximum atomic E-state index is 6.10. The molecule has 0 saturated heterocycles. The third-order valence-electron chi connectivity index (χ3n) is 3.04. The highest BCUT2D eigenvalue weighted by atomic mass is 35.5. The maximum Gasteiger partial charge on any atom is 0.0494 e. The molecule has 2 nitrogen and oxygen atoms in total. The van der Waals surface area contributed by atoms with Gasteiger partial charge in [0.1, 0.15) is 0 Å². The lowest BCUT2D eigenvalue weighted by atomic mass is 10.1. The van der Waals surface area contributed by atoms with Crippen molar-refractivity contribution in [3.8, 4) is 0 Å². The number of halogens is 2. The van der Waals surface area contributed by atoms with Crippen LogP contribution in [0, 0.1) is 0 Å². The molecule has 0 aliphatic rings. The largest absolute Gasteiger partial charge is 0.367 e. The monoisotopic (exact) mass is 294 g/mol. The van der Waals surface area contributed by atoms with Gasteiger partial charge >= 0.3 is 0 Å². The summed E-state index contributed by atoms with van der Waals surface area (Å²) in [6.07, 6.45) is 3.62. The predicted octanol–water partition coefficient (Wildman–Crippen LogP) is 4.50. The Morgan fingerprint density at radius 1 is 1.16 bits per heavy atom. The van der Waals surface area contributed by atoms with Gasteiger partial charge in [-0.25, -0.2) is 0 Å². The fraction of sp³-hybridized carbons (Fsp3) is 0.267. The van der Waals surface area contributed by atoms with Gasteiger partial charge in [0.2, 0.25) is 0 Å². The average molecular weight is 295 g/mol. The second-order valence-corrected chi connectivity index (χ2v) is 4.98. The SMILES string of the molecule is CCN(Cc1ccncc1)c1cc(Cl)ccc1CCl. The maximum absolute atomic E-state index is 6.10. The zero-order valence-corrected chi connectivity index (χ0v) is 12.3. The Morgan fingerprint density at radius 3 is 2.53 bits per heavy atom. The second kappa shape index (κ2) is 6.78. The van der Waals surface area contributed by atoms with E-state index in [0.717, 1.165) is 29.4 Å². The summed E-state index contributed by atoms with van der Waals surface area (Å²) < 4.78 is 0. The Bertz CT molecular complexity index is 529. The van der Waals surface area contributed by atoms with Gasteiger partial charge in [0, 0.05) is 42.1 Å². The summed E-state index contributed by atoms with van der Waals surface area (Å²) in [5.74, 6) is 0.485. The van der Waals surface area contributed by atoms with Crippen molar-refractivity contribution in [1.29, 1.82) is 0 Å². The topological polar surface area (TPSA) is 16.1 Å². The van der Waals surface area contributed by atoms with E-state index in [9.17, 15) is 0 Å². The van der Waals surface area contributed by atoms with Crippen molar-refractivity contribution in [3.05, 3.63) is 58.9 Å². The van der Waals surface area contributed by atoms with Crippen LogP contribution in [0.5, 0.6) is 0 Å². The third-order valence-corrected chi connectivity index (χ3v) is 3.56. The van der Waals surface area contributed by atoms with E-state index in [1.165, 1.54) is 5.56 Å². The summed E-state index contributed by atoms with van der Waals surface area (Å²) >= 11 is 12.1. The van der Waals surface area contributed by atoms with Gasteiger partial charge in [-0.3, -0.25) is 4.98 Å². The highest BCUT2D eigenvalue weighted by Gasteiger charge is 2.10. The van der Waals surface area contributed by atoms with Gasteiger partial charge in [-0.2, -0.15) is 0 Å². The van der Waals surface area contributed by atoms with Crippen molar-refractivity contribution < 1.29 is 0 Å². The van der Waals surface area contributed by atoms with Gasteiger partial charge in [0.05, 0.1) is 0 Å². The molecule has 0 saturated carbocycles. The van der Waals surface area contributed by atoms with Crippen LogP contribution in [0.2, 0.25) is 5.02 Å². The van der Waals surface area contributed by atoms with Gasteiger partial charge in [-0.1, -0.05) is 17.7 Å². The summed E-state index contributed by atoms with van der Waals surface area (Å²) in [4.78, 5) is 6.30. The Balaban J connectivity index is 2.29. The molecule has 0 aliphatic heterocycles. The number of hydrogen-bond donors (Lipinski definition) is 0. The lowest BCUT2D eigenvalue weighted by Gasteiger charge is -2.25. The summed E-state index contributed by atoms with van der Waals surface area (Å²) in [5, 5.41) is 0.733. The fourth-order valence-corrected chi connectivity index (χ4v) is 2.41. The fourth-order valence-electron chi connectivity index (χ4n) is 2.02. The summed E-state index contributed by atoms with van der Waals surface area (Å²) in [7, 11) is 0. The van der Waals surface area contributed by atoms with Crippen LogP contribution in [0.1, 0.15) is 18.1 Å². The zero-order chi connectivity index (χ0) is 13.7. The molecule has 0 N–H and O–H groups in total. The third kappa shape index (κ3) is 3.62. The van der Waals surface area contributed by atoms with Crippen molar-refractivity contribution in [1.82, 2.24) is 4.98 Å². The first-order valence-electron chi connectivity index (χ1n) is 6.22. The highest BCUT2D eigenvalue weighted by molar-refractivity contribution is 6.31. The molecule has 0 spiro atoms. The van der Waals surface area contributed by atoms with Gasteiger partial charge < -0.3 is 4.90 Å². The molecule has 2 rings (SSSR count). The van der Waals surface area contributed by atoms with Crippen LogP contribution in [-0.2, 0) is 12.4 Å². The number of rotatable bonds is 5. The number of pyridine rings is 1. The molecule has 0 fully saturated rings. The van der Waals surface area contributed by atoms with E-state index >= 15 is 0 Å². The minimum absolute atomic E-state index is 0.485. The normalized spacial score (nSPS) is 10.5. The zero-order valence-electron chi connectivity index (χ0n) is 10.8. The Morgan fingerprint density at radius 2 is 1.89 bits per heavy atom. The van der Waals surface area contributed by atoms with Crippen LogP contribution < -0.4 is 4.90 Å². The molecular formula is C15H16Cl2N2. The number of nitrogens with zero attached hydrogens (tertiary/aromatic N) is 2. The summed E-state index contributed by atoms with van der Waals surface area (Å²) in [6, 6.07) is 9.88. The lowest BCUT2D eigenvalue weighted by Crippen LogP contribution is -2.23. The van der Waals surface area contributed by atoms with E-state index in [1.807, 2.05) is 42.7 Å².